The predicted octanol–water partition coefficient (Wildman–Crippen LogP) is 7.00. The standard InChI is InChI=1S/C39H48N8O7S/c1-7-29-23-46(55(51,52)33-12-10-9-11-32(33)54-29)22-27-19-26(14-13-24(27)3)34(30-15-16-31-35(25(30)4)44-45-47(31)8-2)39(5,6)36(48)43-28-20-41-37(42-21-28)53-18-17-40-38(49)50/h9-16,19-21,29,34,40,51-52H,7-8,17-18,22-23H2,1-6H3,(H,43,48)(H,49,50). The van der Waals surface area contributed by atoms with Crippen LogP contribution in [0.3, 0.4) is 0 Å². The molecule has 55 heavy (non-hydrogen) atoms. The second-order valence-electron chi connectivity index (χ2n) is 14.1. The monoisotopic (exact) mass is 772 g/mol. The molecule has 2 atom stereocenters. The Hall–Kier alpha value is -5.29. The van der Waals surface area contributed by atoms with Crippen LogP contribution in [0.4, 0.5) is 10.5 Å². The van der Waals surface area contributed by atoms with Gasteiger partial charge >= 0.3 is 12.1 Å². The number of carbonyl (C=O) groups excluding carboxylic acids is 1. The highest BCUT2D eigenvalue weighted by molar-refractivity contribution is 8.22. The molecule has 0 saturated heterocycles. The topological polar surface area (TPSA) is 197 Å². The number of aryl methyl sites for hydroxylation is 3. The Kier molecular flexibility index (Phi) is 11.6. The summed E-state index contributed by atoms with van der Waals surface area (Å²) in [6, 6.07) is 17.2. The molecule has 1 aliphatic heterocycles. The lowest BCUT2D eigenvalue weighted by Gasteiger charge is -2.42. The third kappa shape index (κ3) is 8.22. The molecule has 3 aromatic carbocycles. The maximum Gasteiger partial charge on any atom is 0.404 e. The number of anilines is 1. The highest BCUT2D eigenvalue weighted by atomic mass is 32.3. The molecule has 2 aromatic heterocycles. The highest BCUT2D eigenvalue weighted by Crippen LogP contribution is 2.57. The number of hydrogen-bond acceptors (Lipinski definition) is 11. The van der Waals surface area contributed by atoms with Gasteiger partial charge in [0.2, 0.25) is 5.91 Å². The van der Waals surface area contributed by atoms with Crippen molar-refractivity contribution < 1.29 is 33.3 Å². The molecule has 16 heteroatoms. The molecule has 0 bridgehead atoms. The summed E-state index contributed by atoms with van der Waals surface area (Å²) < 4.78 is 38.7. The Balaban J connectivity index is 1.36. The third-order valence-corrected chi connectivity index (χ3v) is 12.0. The Bertz CT molecular complexity index is 2180. The number of fused-ring (bicyclic) bond motifs is 2. The molecular formula is C39H48N8O7S. The van der Waals surface area contributed by atoms with E-state index in [1.807, 2.05) is 76.6 Å². The molecule has 1 aliphatic rings. The third-order valence-electron chi connectivity index (χ3n) is 10.1. The van der Waals surface area contributed by atoms with Gasteiger partial charge in [0, 0.05) is 19.0 Å². The van der Waals surface area contributed by atoms with E-state index >= 15 is 0 Å². The zero-order chi connectivity index (χ0) is 39.5. The van der Waals surface area contributed by atoms with E-state index in [4.69, 9.17) is 14.6 Å². The van der Waals surface area contributed by atoms with Crippen LogP contribution in [0.1, 0.15) is 67.9 Å². The van der Waals surface area contributed by atoms with Gasteiger partial charge in [0.25, 0.3) is 0 Å². The molecule has 0 radical (unpaired) electrons. The van der Waals surface area contributed by atoms with Crippen molar-refractivity contribution in [2.24, 2.45) is 5.41 Å². The molecule has 6 rings (SSSR count). The van der Waals surface area contributed by atoms with Crippen LogP contribution < -0.4 is 20.1 Å². The van der Waals surface area contributed by atoms with Crippen molar-refractivity contribution in [1.82, 2.24) is 34.6 Å². The van der Waals surface area contributed by atoms with Crippen LogP contribution in [-0.4, -0.2) is 81.3 Å². The molecule has 0 saturated carbocycles. The summed E-state index contributed by atoms with van der Waals surface area (Å²) in [7, 11) is -3.40. The zero-order valence-electron chi connectivity index (χ0n) is 31.8. The molecule has 292 valence electrons. The number of amides is 2. The van der Waals surface area contributed by atoms with Gasteiger partial charge < -0.3 is 25.2 Å². The van der Waals surface area contributed by atoms with Crippen LogP contribution in [-0.2, 0) is 17.9 Å². The van der Waals surface area contributed by atoms with Crippen LogP contribution in [0.15, 0.2) is 71.9 Å². The minimum Gasteiger partial charge on any atom is -0.487 e. The van der Waals surface area contributed by atoms with Gasteiger partial charge in [-0.05, 0) is 73.2 Å². The second kappa shape index (κ2) is 16.2. The Morgan fingerprint density at radius 1 is 1.07 bits per heavy atom. The van der Waals surface area contributed by atoms with Crippen molar-refractivity contribution in [2.45, 2.75) is 78.0 Å². The van der Waals surface area contributed by atoms with E-state index in [1.54, 1.807) is 22.5 Å². The number of hydrogen-bond donors (Lipinski definition) is 5. The zero-order valence-corrected chi connectivity index (χ0v) is 32.6. The number of rotatable bonds is 13. The van der Waals surface area contributed by atoms with Gasteiger partial charge in [-0.15, -0.1) is 15.9 Å². The molecule has 0 aliphatic carbocycles. The molecule has 5 N–H and O–H groups in total. The van der Waals surface area contributed by atoms with E-state index in [2.05, 4.69) is 37.0 Å². The number of aromatic nitrogens is 5. The summed E-state index contributed by atoms with van der Waals surface area (Å²) in [5, 5.41) is 22.8. The van der Waals surface area contributed by atoms with Gasteiger partial charge in [0.1, 0.15) is 28.9 Å². The van der Waals surface area contributed by atoms with E-state index in [0.29, 0.717) is 35.8 Å². The minimum atomic E-state index is -3.40. The fourth-order valence-electron chi connectivity index (χ4n) is 6.95. The first-order valence-corrected chi connectivity index (χ1v) is 19.7. The fourth-order valence-corrected chi connectivity index (χ4v) is 8.57. The van der Waals surface area contributed by atoms with E-state index in [0.717, 1.165) is 38.9 Å². The summed E-state index contributed by atoms with van der Waals surface area (Å²) >= 11 is 0. The summed E-state index contributed by atoms with van der Waals surface area (Å²) in [6.07, 6.45) is 2.14. The first kappa shape index (κ1) is 39.4. The van der Waals surface area contributed by atoms with Crippen LogP contribution in [0.25, 0.3) is 11.0 Å². The number of carbonyl (C=O) groups is 2. The minimum absolute atomic E-state index is 0.0396. The Labute approximate surface area is 321 Å². The van der Waals surface area contributed by atoms with Crippen LogP contribution >= 0.6 is 10.8 Å². The quantitative estimate of drug-likeness (QED) is 0.0770. The van der Waals surface area contributed by atoms with Crippen molar-refractivity contribution >= 4 is 39.5 Å². The van der Waals surface area contributed by atoms with Gasteiger partial charge in [-0.3, -0.25) is 13.9 Å². The van der Waals surface area contributed by atoms with Gasteiger partial charge in [-0.2, -0.15) is 4.31 Å². The maximum atomic E-state index is 14.4. The Morgan fingerprint density at radius 2 is 1.82 bits per heavy atom. The molecular weight excluding hydrogens is 725 g/mol. The number of carboxylic acid groups (broad SMARTS) is 1. The fraction of sp³-hybridized carbons (Fsp3) is 0.385. The maximum absolute atomic E-state index is 14.4. The van der Waals surface area contributed by atoms with E-state index < -0.39 is 28.2 Å². The number of ether oxygens (including phenoxy) is 2. The largest absolute Gasteiger partial charge is 0.487 e. The second-order valence-corrected chi connectivity index (χ2v) is 16.1. The normalized spacial score (nSPS) is 16.7. The molecule has 0 spiro atoms. The summed E-state index contributed by atoms with van der Waals surface area (Å²) in [5.74, 6) is -0.313. The number of para-hydroxylation sites is 1. The highest BCUT2D eigenvalue weighted by Gasteiger charge is 2.41. The smallest absolute Gasteiger partial charge is 0.404 e. The van der Waals surface area contributed by atoms with E-state index in [1.165, 1.54) is 12.4 Å². The summed E-state index contributed by atoms with van der Waals surface area (Å²) in [5.41, 5.74) is 5.42. The molecule has 15 nitrogen and oxygen atoms in total. The lowest BCUT2D eigenvalue weighted by Crippen LogP contribution is -2.37. The number of benzene rings is 3. The molecule has 2 amide bonds. The van der Waals surface area contributed by atoms with Gasteiger partial charge in [-0.1, -0.05) is 62.4 Å². The van der Waals surface area contributed by atoms with Crippen molar-refractivity contribution in [1.29, 1.82) is 0 Å². The number of nitrogens with one attached hydrogen (secondary N) is 2. The number of nitrogens with zero attached hydrogens (tertiary/aromatic N) is 6. The van der Waals surface area contributed by atoms with Gasteiger partial charge in [-0.25, -0.2) is 19.4 Å². The summed E-state index contributed by atoms with van der Waals surface area (Å²) in [6.45, 7) is 13.1. The van der Waals surface area contributed by atoms with Gasteiger partial charge in [0.05, 0.1) is 42.1 Å². The van der Waals surface area contributed by atoms with Gasteiger partial charge in [0.15, 0.2) is 0 Å². The molecule has 3 heterocycles. The molecule has 0 fully saturated rings. The van der Waals surface area contributed by atoms with Crippen molar-refractivity contribution in [3.63, 3.8) is 0 Å². The Morgan fingerprint density at radius 3 is 2.53 bits per heavy atom. The first-order valence-electron chi connectivity index (χ1n) is 18.2. The predicted molar refractivity (Wildman–Crippen MR) is 210 cm³/mol. The SMILES string of the molecule is CCC1CN(Cc2cc(C(c3ccc4c(nnn4CC)c3C)C(C)(C)C(=O)Nc3cnc(OCCNC(=O)O)nc3)ccc2C)S(O)(O)c2ccccc2O1. The van der Waals surface area contributed by atoms with Crippen molar-refractivity contribution in [3.8, 4) is 11.8 Å². The van der Waals surface area contributed by atoms with Crippen LogP contribution in [0, 0.1) is 19.3 Å². The van der Waals surface area contributed by atoms with E-state index in [-0.39, 0.29) is 37.7 Å². The van der Waals surface area contributed by atoms with Crippen LogP contribution in [0.5, 0.6) is 11.8 Å². The van der Waals surface area contributed by atoms with E-state index in [9.17, 15) is 18.7 Å². The van der Waals surface area contributed by atoms with Crippen molar-refractivity contribution in [2.75, 3.05) is 25.0 Å². The van der Waals surface area contributed by atoms with Crippen LogP contribution in [0.2, 0.25) is 0 Å². The average molecular weight is 773 g/mol. The summed E-state index contributed by atoms with van der Waals surface area (Å²) in [4.78, 5) is 33.8. The first-order chi connectivity index (χ1) is 26.2. The molecule has 2 unspecified atom stereocenters. The average Bonchev–Trinajstić information content (AvgIpc) is 3.55. The lowest BCUT2D eigenvalue weighted by atomic mass is 9.69. The molecule has 5 aromatic rings. The van der Waals surface area contributed by atoms with Crippen molar-refractivity contribution in [3.05, 3.63) is 94.8 Å². The lowest BCUT2D eigenvalue weighted by molar-refractivity contribution is -0.124.